The Morgan fingerprint density at radius 1 is 1.50 bits per heavy atom. The number of carbonyl (C=O) groups is 1. The van der Waals surface area contributed by atoms with Crippen LogP contribution in [0.5, 0.6) is 0 Å². The normalized spacial score (nSPS) is 20.9. The maximum atomic E-state index is 10.5. The van der Waals surface area contributed by atoms with Gasteiger partial charge in [0.15, 0.2) is 0 Å². The van der Waals surface area contributed by atoms with Gasteiger partial charge in [-0.3, -0.25) is 0 Å². The van der Waals surface area contributed by atoms with Crippen molar-refractivity contribution >= 4 is 5.97 Å². The van der Waals surface area contributed by atoms with E-state index in [1.54, 1.807) is 6.08 Å². The molecule has 1 fully saturated rings. The van der Waals surface area contributed by atoms with E-state index in [-0.39, 0.29) is 12.0 Å². The summed E-state index contributed by atoms with van der Waals surface area (Å²) in [4.78, 5) is 10.5. The molecule has 3 nitrogen and oxygen atoms in total. The fourth-order valence-corrected chi connectivity index (χ4v) is 1.72. The van der Waals surface area contributed by atoms with E-state index in [9.17, 15) is 4.79 Å². The van der Waals surface area contributed by atoms with Crippen LogP contribution < -0.4 is 0 Å². The van der Waals surface area contributed by atoms with Gasteiger partial charge in [0.05, 0.1) is 12.7 Å². The highest BCUT2D eigenvalue weighted by Crippen LogP contribution is 2.25. The summed E-state index contributed by atoms with van der Waals surface area (Å²) < 4.78 is 5.23. The van der Waals surface area contributed by atoms with Crippen molar-refractivity contribution in [3.63, 3.8) is 0 Å². The van der Waals surface area contributed by atoms with Crippen molar-refractivity contribution in [2.24, 2.45) is 5.92 Å². The summed E-state index contributed by atoms with van der Waals surface area (Å²) in [7, 11) is 0. The van der Waals surface area contributed by atoms with E-state index in [4.69, 9.17) is 9.84 Å². The fourth-order valence-electron chi connectivity index (χ4n) is 1.72. The number of rotatable bonds is 5. The second-order valence-electron chi connectivity index (χ2n) is 3.92. The van der Waals surface area contributed by atoms with E-state index in [0.717, 1.165) is 13.0 Å². The molecule has 84 valence electrons. The number of hydrogen-bond donors (Lipinski definition) is 1. The Morgan fingerprint density at radius 2 is 2.19 bits per heavy atom. The van der Waals surface area contributed by atoms with Gasteiger partial charge in [0, 0.05) is 12.0 Å². The smallest absolute Gasteiger partial charge is 0.327 e. The van der Waals surface area contributed by atoms with Crippen LogP contribution in [0.15, 0.2) is 42.5 Å². The minimum atomic E-state index is -0.904. The lowest BCUT2D eigenvalue weighted by Gasteiger charge is -2.09. The predicted molar refractivity (Wildman–Crippen MR) is 60.2 cm³/mol. The van der Waals surface area contributed by atoms with Crippen molar-refractivity contribution in [3.05, 3.63) is 48.0 Å². The monoisotopic (exact) mass is 218 g/mol. The van der Waals surface area contributed by atoms with Gasteiger partial charge in [-0.2, -0.15) is 0 Å². The first-order valence-electron chi connectivity index (χ1n) is 5.32. The van der Waals surface area contributed by atoms with Crippen LogP contribution in [0.25, 0.3) is 0 Å². The molecule has 1 unspecified atom stereocenters. The summed E-state index contributed by atoms with van der Waals surface area (Å²) in [6.45, 7) is 0.738. The molecule has 1 aromatic rings. The van der Waals surface area contributed by atoms with Gasteiger partial charge in [-0.05, 0) is 12.0 Å². The Bertz CT molecular complexity index is 379. The van der Waals surface area contributed by atoms with Gasteiger partial charge in [-0.1, -0.05) is 36.4 Å². The lowest BCUT2D eigenvalue weighted by molar-refractivity contribution is -0.131. The molecule has 0 radical (unpaired) electrons. The first kappa shape index (κ1) is 10.9. The largest absolute Gasteiger partial charge is 0.478 e. The molecular weight excluding hydrogens is 204 g/mol. The fraction of sp³-hybridized carbons (Fsp3) is 0.308. The first-order chi connectivity index (χ1) is 7.75. The van der Waals surface area contributed by atoms with Gasteiger partial charge < -0.3 is 9.84 Å². The molecule has 0 amide bonds. The quantitative estimate of drug-likeness (QED) is 0.606. The van der Waals surface area contributed by atoms with Crippen LogP contribution in [0.2, 0.25) is 0 Å². The summed E-state index contributed by atoms with van der Waals surface area (Å²) in [6, 6.07) is 10.0. The van der Waals surface area contributed by atoms with Crippen molar-refractivity contribution in [1.82, 2.24) is 0 Å². The molecule has 0 aliphatic carbocycles. The van der Waals surface area contributed by atoms with Gasteiger partial charge in [0.25, 0.3) is 0 Å². The standard InChI is InChI=1S/C13H14O3/c14-13(15)7-6-11(12-9-16-12)8-10-4-2-1-3-5-10/h1-7,11-12H,8-9H2,(H,14,15)/t11?,12-/m0/s1. The van der Waals surface area contributed by atoms with E-state index in [0.29, 0.717) is 0 Å². The highest BCUT2D eigenvalue weighted by Gasteiger charge is 2.30. The highest BCUT2D eigenvalue weighted by atomic mass is 16.6. The average Bonchev–Trinajstić information content (AvgIpc) is 3.09. The molecule has 1 aromatic carbocycles. The van der Waals surface area contributed by atoms with Crippen LogP contribution in [0.1, 0.15) is 5.56 Å². The minimum absolute atomic E-state index is 0.165. The Labute approximate surface area is 94.4 Å². The van der Waals surface area contributed by atoms with E-state index in [1.807, 2.05) is 30.3 Å². The van der Waals surface area contributed by atoms with Crippen LogP contribution in [0, 0.1) is 5.92 Å². The number of carboxylic acids is 1. The molecule has 1 N–H and O–H groups in total. The van der Waals surface area contributed by atoms with Gasteiger partial charge >= 0.3 is 5.97 Å². The summed E-state index contributed by atoms with van der Waals surface area (Å²) in [5.41, 5.74) is 1.21. The molecule has 2 atom stereocenters. The Balaban J connectivity index is 2.00. The predicted octanol–water partition coefficient (Wildman–Crippen LogP) is 1.88. The molecule has 0 spiro atoms. The Kier molecular flexibility index (Phi) is 3.37. The van der Waals surface area contributed by atoms with Crippen molar-refractivity contribution in [2.45, 2.75) is 12.5 Å². The van der Waals surface area contributed by atoms with Crippen molar-refractivity contribution in [2.75, 3.05) is 6.61 Å². The first-order valence-corrected chi connectivity index (χ1v) is 5.32. The zero-order valence-electron chi connectivity index (χ0n) is 8.87. The molecule has 0 aromatic heterocycles. The zero-order chi connectivity index (χ0) is 11.4. The number of epoxide rings is 1. The molecule has 0 saturated carbocycles. The Morgan fingerprint density at radius 3 is 2.75 bits per heavy atom. The van der Waals surface area contributed by atoms with E-state index in [1.165, 1.54) is 11.6 Å². The molecule has 2 rings (SSSR count). The van der Waals surface area contributed by atoms with Crippen LogP contribution in [-0.4, -0.2) is 23.8 Å². The third-order valence-corrected chi connectivity index (χ3v) is 2.64. The van der Waals surface area contributed by atoms with Crippen molar-refractivity contribution in [1.29, 1.82) is 0 Å². The third-order valence-electron chi connectivity index (χ3n) is 2.64. The maximum Gasteiger partial charge on any atom is 0.327 e. The molecule has 1 aliphatic rings. The second-order valence-corrected chi connectivity index (χ2v) is 3.92. The van der Waals surface area contributed by atoms with E-state index < -0.39 is 5.97 Å². The average molecular weight is 218 g/mol. The third kappa shape index (κ3) is 3.21. The maximum absolute atomic E-state index is 10.5. The summed E-state index contributed by atoms with van der Waals surface area (Å²) in [5, 5.41) is 8.60. The number of carboxylic acid groups (broad SMARTS) is 1. The van der Waals surface area contributed by atoms with Gasteiger partial charge in [-0.25, -0.2) is 4.79 Å². The molecule has 0 bridgehead atoms. The lowest BCUT2D eigenvalue weighted by Crippen LogP contribution is -2.09. The van der Waals surface area contributed by atoms with Crippen molar-refractivity contribution < 1.29 is 14.6 Å². The van der Waals surface area contributed by atoms with Crippen LogP contribution in [0.3, 0.4) is 0 Å². The minimum Gasteiger partial charge on any atom is -0.478 e. The van der Waals surface area contributed by atoms with Gasteiger partial charge in [0.2, 0.25) is 0 Å². The molecule has 1 heterocycles. The number of aliphatic carboxylic acids is 1. The van der Waals surface area contributed by atoms with Crippen LogP contribution >= 0.6 is 0 Å². The second kappa shape index (κ2) is 4.94. The molecule has 3 heteroatoms. The summed E-state index contributed by atoms with van der Waals surface area (Å²) in [6.07, 6.45) is 3.95. The number of ether oxygens (including phenoxy) is 1. The van der Waals surface area contributed by atoms with Gasteiger partial charge in [0.1, 0.15) is 0 Å². The topological polar surface area (TPSA) is 49.8 Å². The molecule has 1 aliphatic heterocycles. The summed E-state index contributed by atoms with van der Waals surface area (Å²) >= 11 is 0. The SMILES string of the molecule is O=C(O)C=CC(Cc1ccccc1)[C@@H]1CO1. The highest BCUT2D eigenvalue weighted by molar-refractivity contribution is 5.79. The lowest BCUT2D eigenvalue weighted by atomic mass is 9.96. The molecule has 16 heavy (non-hydrogen) atoms. The molecular formula is C13H14O3. The number of benzene rings is 1. The van der Waals surface area contributed by atoms with Crippen LogP contribution in [-0.2, 0) is 16.0 Å². The van der Waals surface area contributed by atoms with Crippen molar-refractivity contribution in [3.8, 4) is 0 Å². The van der Waals surface area contributed by atoms with E-state index >= 15 is 0 Å². The van der Waals surface area contributed by atoms with Gasteiger partial charge in [-0.15, -0.1) is 0 Å². The number of hydrogen-bond acceptors (Lipinski definition) is 2. The van der Waals surface area contributed by atoms with E-state index in [2.05, 4.69) is 0 Å². The Hall–Kier alpha value is -1.61. The zero-order valence-corrected chi connectivity index (χ0v) is 8.87. The van der Waals surface area contributed by atoms with Crippen LogP contribution in [0.4, 0.5) is 0 Å². The molecule has 1 saturated heterocycles. The summed E-state index contributed by atoms with van der Waals surface area (Å²) in [5.74, 6) is -0.739.